The fourth-order valence-corrected chi connectivity index (χ4v) is 2.09. The molecule has 1 aromatic heterocycles. The van der Waals surface area contributed by atoms with Crippen molar-refractivity contribution < 1.29 is 13.5 Å². The number of aryl methyl sites for hydroxylation is 1. The molecule has 74 valence electrons. The van der Waals surface area contributed by atoms with Gasteiger partial charge in [0, 0.05) is 6.07 Å². The van der Waals surface area contributed by atoms with Crippen molar-refractivity contribution in [1.82, 2.24) is 4.98 Å². The van der Waals surface area contributed by atoms with Gasteiger partial charge in [-0.05, 0) is 6.92 Å². The largest absolute Gasteiger partial charge is 0.494 e. The zero-order chi connectivity index (χ0) is 10.3. The van der Waals surface area contributed by atoms with E-state index in [-0.39, 0.29) is 11.3 Å². The third-order valence-corrected chi connectivity index (χ3v) is 2.78. The van der Waals surface area contributed by atoms with E-state index < -0.39 is 11.6 Å². The van der Waals surface area contributed by atoms with Crippen LogP contribution in [0.25, 0.3) is 10.2 Å². The molecule has 2 aromatic rings. The smallest absolute Gasteiger partial charge is 0.202 e. The Labute approximate surface area is 83.1 Å². The standard InChI is InChI=1S/C9H7F2NOS/c1-4-12-9-6(14-4)3-5(13-2)7(10)8(9)11/h3H,1-2H3. The van der Waals surface area contributed by atoms with Crippen LogP contribution in [-0.4, -0.2) is 12.1 Å². The lowest BCUT2D eigenvalue weighted by atomic mass is 10.3. The van der Waals surface area contributed by atoms with Crippen molar-refractivity contribution in [3.05, 3.63) is 22.7 Å². The molecule has 0 aliphatic carbocycles. The van der Waals surface area contributed by atoms with Gasteiger partial charge in [-0.2, -0.15) is 4.39 Å². The minimum absolute atomic E-state index is 0.0748. The Morgan fingerprint density at radius 2 is 2.07 bits per heavy atom. The molecule has 0 saturated heterocycles. The summed E-state index contributed by atoms with van der Waals surface area (Å²) < 4.78 is 31.9. The third-order valence-electron chi connectivity index (χ3n) is 1.86. The third kappa shape index (κ3) is 1.24. The Hall–Kier alpha value is -1.23. The van der Waals surface area contributed by atoms with Crippen molar-refractivity contribution in [3.8, 4) is 5.75 Å². The normalized spacial score (nSPS) is 10.9. The van der Waals surface area contributed by atoms with E-state index in [1.807, 2.05) is 0 Å². The van der Waals surface area contributed by atoms with Crippen LogP contribution in [-0.2, 0) is 0 Å². The first-order valence-corrected chi connectivity index (χ1v) is 4.74. The minimum Gasteiger partial charge on any atom is -0.494 e. The molecule has 0 aliphatic heterocycles. The number of hydrogen-bond donors (Lipinski definition) is 0. The highest BCUT2D eigenvalue weighted by Gasteiger charge is 2.16. The molecule has 0 fully saturated rings. The number of thiazole rings is 1. The van der Waals surface area contributed by atoms with Crippen LogP contribution in [0.1, 0.15) is 5.01 Å². The highest BCUT2D eigenvalue weighted by atomic mass is 32.1. The van der Waals surface area contributed by atoms with E-state index in [1.54, 1.807) is 6.92 Å². The van der Waals surface area contributed by atoms with Crippen molar-refractivity contribution in [1.29, 1.82) is 0 Å². The molecule has 0 aliphatic rings. The second-order valence-corrected chi connectivity index (χ2v) is 4.02. The van der Waals surface area contributed by atoms with Gasteiger partial charge in [0.15, 0.2) is 11.6 Å². The van der Waals surface area contributed by atoms with Crippen molar-refractivity contribution in [3.63, 3.8) is 0 Å². The number of aromatic nitrogens is 1. The first-order valence-electron chi connectivity index (χ1n) is 3.92. The van der Waals surface area contributed by atoms with Gasteiger partial charge in [0.2, 0.25) is 5.82 Å². The number of nitrogens with zero attached hydrogens (tertiary/aromatic N) is 1. The summed E-state index contributed by atoms with van der Waals surface area (Å²) in [6, 6.07) is 1.46. The van der Waals surface area contributed by atoms with E-state index in [0.29, 0.717) is 9.71 Å². The van der Waals surface area contributed by atoms with Crippen molar-refractivity contribution in [2.75, 3.05) is 7.11 Å². The summed E-state index contributed by atoms with van der Waals surface area (Å²) in [6.07, 6.45) is 0. The maximum atomic E-state index is 13.3. The van der Waals surface area contributed by atoms with E-state index in [0.717, 1.165) is 0 Å². The lowest BCUT2D eigenvalue weighted by molar-refractivity contribution is 0.374. The van der Waals surface area contributed by atoms with Crippen LogP contribution < -0.4 is 4.74 Å². The van der Waals surface area contributed by atoms with Crippen LogP contribution in [0.15, 0.2) is 6.07 Å². The van der Waals surface area contributed by atoms with Crippen LogP contribution in [0.2, 0.25) is 0 Å². The fraction of sp³-hybridized carbons (Fsp3) is 0.222. The second kappa shape index (κ2) is 3.16. The molecule has 0 unspecified atom stereocenters. The average molecular weight is 215 g/mol. The topological polar surface area (TPSA) is 22.1 Å². The zero-order valence-corrected chi connectivity index (χ0v) is 8.41. The van der Waals surface area contributed by atoms with E-state index in [1.165, 1.54) is 24.5 Å². The van der Waals surface area contributed by atoms with E-state index in [4.69, 9.17) is 4.74 Å². The molecule has 0 amide bonds. The van der Waals surface area contributed by atoms with Crippen LogP contribution in [0.5, 0.6) is 5.75 Å². The lowest BCUT2D eigenvalue weighted by Crippen LogP contribution is -1.92. The van der Waals surface area contributed by atoms with Gasteiger partial charge in [0.25, 0.3) is 0 Å². The Morgan fingerprint density at radius 3 is 2.71 bits per heavy atom. The molecular weight excluding hydrogens is 208 g/mol. The van der Waals surface area contributed by atoms with Crippen LogP contribution in [0.4, 0.5) is 8.78 Å². The summed E-state index contributed by atoms with van der Waals surface area (Å²) in [4.78, 5) is 3.90. The molecule has 1 heterocycles. The van der Waals surface area contributed by atoms with Gasteiger partial charge in [-0.1, -0.05) is 0 Å². The molecule has 2 rings (SSSR count). The second-order valence-electron chi connectivity index (χ2n) is 2.79. The molecule has 0 saturated carbocycles. The van der Waals surface area contributed by atoms with Gasteiger partial charge in [-0.25, -0.2) is 9.37 Å². The number of rotatable bonds is 1. The molecule has 0 spiro atoms. The van der Waals surface area contributed by atoms with Crippen molar-refractivity contribution >= 4 is 21.6 Å². The average Bonchev–Trinajstić information content (AvgIpc) is 2.52. The maximum Gasteiger partial charge on any atom is 0.202 e. The molecule has 2 nitrogen and oxygen atoms in total. The number of hydrogen-bond acceptors (Lipinski definition) is 3. The monoisotopic (exact) mass is 215 g/mol. The predicted octanol–water partition coefficient (Wildman–Crippen LogP) is 2.89. The highest BCUT2D eigenvalue weighted by molar-refractivity contribution is 7.18. The molecule has 0 radical (unpaired) electrons. The highest BCUT2D eigenvalue weighted by Crippen LogP contribution is 2.31. The number of methoxy groups -OCH3 is 1. The van der Waals surface area contributed by atoms with E-state index in [9.17, 15) is 8.78 Å². The van der Waals surface area contributed by atoms with Gasteiger partial charge in [-0.15, -0.1) is 11.3 Å². The van der Waals surface area contributed by atoms with E-state index >= 15 is 0 Å². The first kappa shape index (κ1) is 9.33. The van der Waals surface area contributed by atoms with Crippen LogP contribution in [0.3, 0.4) is 0 Å². The Morgan fingerprint density at radius 1 is 1.36 bits per heavy atom. The molecule has 5 heteroatoms. The number of ether oxygens (including phenoxy) is 1. The van der Waals surface area contributed by atoms with Gasteiger partial charge < -0.3 is 4.74 Å². The Kier molecular flexibility index (Phi) is 2.11. The SMILES string of the molecule is COc1cc2sc(C)nc2c(F)c1F. The molecule has 0 atom stereocenters. The molecular formula is C9H7F2NOS. The van der Waals surface area contributed by atoms with Gasteiger partial charge >= 0.3 is 0 Å². The summed E-state index contributed by atoms with van der Waals surface area (Å²) in [5.74, 6) is -2.01. The van der Waals surface area contributed by atoms with Gasteiger partial charge in [0.05, 0.1) is 16.8 Å². The zero-order valence-electron chi connectivity index (χ0n) is 7.60. The first-order chi connectivity index (χ1) is 6.63. The summed E-state index contributed by atoms with van der Waals surface area (Å²) in [6.45, 7) is 1.74. The van der Waals surface area contributed by atoms with Crippen LogP contribution in [0, 0.1) is 18.6 Å². The van der Waals surface area contributed by atoms with Crippen molar-refractivity contribution in [2.24, 2.45) is 0 Å². The summed E-state index contributed by atoms with van der Waals surface area (Å²) in [5, 5.41) is 0.701. The van der Waals surface area contributed by atoms with Crippen molar-refractivity contribution in [2.45, 2.75) is 6.92 Å². The van der Waals surface area contributed by atoms with Gasteiger partial charge in [0.1, 0.15) is 5.52 Å². The number of halogens is 2. The Balaban J connectivity index is 2.84. The Bertz CT molecular complexity index is 495. The maximum absolute atomic E-state index is 13.3. The molecule has 14 heavy (non-hydrogen) atoms. The minimum atomic E-state index is -0.981. The summed E-state index contributed by atoms with van der Waals surface area (Å²) >= 11 is 1.31. The van der Waals surface area contributed by atoms with Crippen LogP contribution >= 0.6 is 11.3 Å². The predicted molar refractivity (Wildman–Crippen MR) is 50.8 cm³/mol. The molecule has 0 N–H and O–H groups in total. The summed E-state index contributed by atoms with van der Waals surface area (Å²) in [7, 11) is 1.30. The van der Waals surface area contributed by atoms with E-state index in [2.05, 4.69) is 4.98 Å². The fourth-order valence-electron chi connectivity index (χ4n) is 1.24. The number of benzene rings is 1. The quantitative estimate of drug-likeness (QED) is 0.729. The molecule has 0 bridgehead atoms. The summed E-state index contributed by atoms with van der Waals surface area (Å²) in [5.41, 5.74) is 0.0748. The molecule has 1 aromatic carbocycles. The number of fused-ring (bicyclic) bond motifs is 1. The van der Waals surface area contributed by atoms with Gasteiger partial charge in [-0.3, -0.25) is 0 Å². The lowest BCUT2D eigenvalue weighted by Gasteiger charge is -2.01.